The number of aryl methyl sites for hydroxylation is 2. The van der Waals surface area contributed by atoms with Crippen molar-refractivity contribution in [1.29, 1.82) is 0 Å². The van der Waals surface area contributed by atoms with Gasteiger partial charge in [0.1, 0.15) is 11.6 Å². The van der Waals surface area contributed by atoms with E-state index in [0.717, 1.165) is 76.9 Å². The molecule has 0 fully saturated rings. The van der Waals surface area contributed by atoms with Gasteiger partial charge in [-0.1, -0.05) is 91.0 Å². The number of fused-ring (bicyclic) bond motifs is 3. The van der Waals surface area contributed by atoms with Crippen LogP contribution in [0.3, 0.4) is 0 Å². The van der Waals surface area contributed by atoms with Crippen molar-refractivity contribution in [1.82, 2.24) is 19.1 Å². The summed E-state index contributed by atoms with van der Waals surface area (Å²) < 4.78 is 5.61. The number of nitrogens with zero attached hydrogens (tertiary/aromatic N) is 5. The number of hydrogen-bond acceptors (Lipinski definition) is 4. The highest BCUT2D eigenvalue weighted by Gasteiger charge is 2.17. The molecule has 250 valence electrons. The fraction of sp³-hybridized carbons (Fsp3) is 0.0870. The highest BCUT2D eigenvalue weighted by atomic mass is 32.1. The summed E-state index contributed by atoms with van der Waals surface area (Å²) in [7, 11) is 0. The van der Waals surface area contributed by atoms with Crippen molar-refractivity contribution in [3.05, 3.63) is 164 Å². The van der Waals surface area contributed by atoms with Gasteiger partial charge in [0, 0.05) is 75.4 Å². The minimum Gasteiger partial charge on any atom is -0.311 e. The molecule has 0 saturated carbocycles. The van der Waals surface area contributed by atoms with Crippen molar-refractivity contribution in [2.45, 2.75) is 25.7 Å². The first-order chi connectivity index (χ1) is 25.7. The summed E-state index contributed by atoms with van der Waals surface area (Å²) in [5.74, 6) is 2.24. The Balaban J connectivity index is 0.967. The number of benzene rings is 5. The number of rotatable bonds is 7. The monoisotopic (exact) mass is 689 g/mol. The molecule has 5 aromatic carbocycles. The summed E-state index contributed by atoms with van der Waals surface area (Å²) in [5, 5.41) is 1.30. The summed E-state index contributed by atoms with van der Waals surface area (Å²) >= 11 is 1.84. The van der Waals surface area contributed by atoms with Crippen molar-refractivity contribution < 1.29 is 0 Å². The second-order valence-corrected chi connectivity index (χ2v) is 14.5. The molecule has 5 nitrogen and oxygen atoms in total. The Morgan fingerprint density at radius 2 is 0.962 bits per heavy atom. The third-order valence-electron chi connectivity index (χ3n) is 10.1. The molecule has 6 heteroatoms. The van der Waals surface area contributed by atoms with Crippen LogP contribution in [0.1, 0.15) is 24.5 Å². The number of anilines is 3. The first-order valence-corrected chi connectivity index (χ1v) is 18.7. The van der Waals surface area contributed by atoms with E-state index >= 15 is 0 Å². The van der Waals surface area contributed by atoms with Crippen LogP contribution in [0.2, 0.25) is 0 Å². The zero-order chi connectivity index (χ0) is 34.4. The average molecular weight is 690 g/mol. The van der Waals surface area contributed by atoms with Gasteiger partial charge in [-0.2, -0.15) is 0 Å². The van der Waals surface area contributed by atoms with Crippen molar-refractivity contribution in [3.8, 4) is 44.1 Å². The Bertz CT molecular complexity index is 2460. The van der Waals surface area contributed by atoms with Gasteiger partial charge in [-0.15, -0.1) is 11.3 Å². The lowest BCUT2D eigenvalue weighted by Crippen LogP contribution is -2.09. The van der Waals surface area contributed by atoms with Crippen molar-refractivity contribution in [2.75, 3.05) is 4.90 Å². The molecular weight excluding hydrogens is 655 g/mol. The average Bonchev–Trinajstić information content (AvgIpc) is 3.96. The maximum Gasteiger partial charge on any atom is 0.113 e. The molecule has 2 aliphatic rings. The third kappa shape index (κ3) is 5.67. The maximum atomic E-state index is 4.93. The second kappa shape index (κ2) is 12.8. The van der Waals surface area contributed by atoms with E-state index in [1.165, 1.54) is 31.7 Å². The van der Waals surface area contributed by atoms with E-state index in [-0.39, 0.29) is 0 Å². The van der Waals surface area contributed by atoms with E-state index < -0.39 is 0 Å². The van der Waals surface area contributed by atoms with Gasteiger partial charge in [-0.05, 0) is 83.4 Å². The fourth-order valence-corrected chi connectivity index (χ4v) is 8.40. The minimum absolute atomic E-state index is 0.975. The number of aromatic nitrogens is 4. The molecule has 8 aromatic rings. The zero-order valence-electron chi connectivity index (χ0n) is 28.6. The topological polar surface area (TPSA) is 38.9 Å². The van der Waals surface area contributed by atoms with Crippen LogP contribution >= 0.6 is 11.3 Å². The highest BCUT2D eigenvalue weighted by Crippen LogP contribution is 2.39. The quantitative estimate of drug-likeness (QED) is 0.167. The number of hydrogen-bond donors (Lipinski definition) is 0. The molecule has 0 spiro atoms. The predicted octanol–water partition coefficient (Wildman–Crippen LogP) is 12.3. The third-order valence-corrected chi connectivity index (χ3v) is 11.3. The van der Waals surface area contributed by atoms with E-state index in [9.17, 15) is 0 Å². The van der Waals surface area contributed by atoms with E-state index in [1.807, 2.05) is 11.3 Å². The van der Waals surface area contributed by atoms with E-state index in [1.54, 1.807) is 0 Å². The molecule has 52 heavy (non-hydrogen) atoms. The van der Waals surface area contributed by atoms with Crippen LogP contribution in [-0.4, -0.2) is 19.1 Å². The highest BCUT2D eigenvalue weighted by molar-refractivity contribution is 7.22. The molecule has 0 amide bonds. The molecule has 0 saturated heterocycles. The largest absolute Gasteiger partial charge is 0.311 e. The van der Waals surface area contributed by atoms with Crippen LogP contribution in [0.25, 0.3) is 66.6 Å². The summed E-state index contributed by atoms with van der Waals surface area (Å²) in [6.07, 6.45) is 16.9. The van der Waals surface area contributed by atoms with Crippen LogP contribution in [0.4, 0.5) is 17.1 Å². The lowest BCUT2D eigenvalue weighted by molar-refractivity contribution is 0.838. The first kappa shape index (κ1) is 30.6. The van der Waals surface area contributed by atoms with Gasteiger partial charge < -0.3 is 14.0 Å². The molecular formula is C46H35N5S. The Morgan fingerprint density at radius 3 is 1.46 bits per heavy atom. The summed E-state index contributed by atoms with van der Waals surface area (Å²) in [6, 6.07) is 46.3. The van der Waals surface area contributed by atoms with Gasteiger partial charge in [-0.25, -0.2) is 9.97 Å². The van der Waals surface area contributed by atoms with E-state index in [0.29, 0.717) is 0 Å². The fourth-order valence-electron chi connectivity index (χ4n) is 7.33. The zero-order valence-corrected chi connectivity index (χ0v) is 29.4. The van der Waals surface area contributed by atoms with Crippen molar-refractivity contribution in [3.63, 3.8) is 0 Å². The van der Waals surface area contributed by atoms with E-state index in [4.69, 9.17) is 9.97 Å². The molecule has 0 aliphatic carbocycles. The molecule has 0 unspecified atom stereocenters. The Hall–Kier alpha value is -6.24. The van der Waals surface area contributed by atoms with Crippen LogP contribution in [0.5, 0.6) is 0 Å². The summed E-state index contributed by atoms with van der Waals surface area (Å²) in [6.45, 7) is 0. The van der Waals surface area contributed by atoms with Crippen molar-refractivity contribution in [2.24, 2.45) is 0 Å². The van der Waals surface area contributed by atoms with Crippen LogP contribution in [0.15, 0.2) is 152 Å². The van der Waals surface area contributed by atoms with Crippen LogP contribution in [0, 0.1) is 0 Å². The molecule has 2 aliphatic heterocycles. The Labute approximate surface area is 307 Å². The van der Waals surface area contributed by atoms with Gasteiger partial charge in [0.25, 0.3) is 0 Å². The molecule has 5 heterocycles. The number of allylic oxidation sites excluding steroid dienone is 2. The standard InChI is InChI=1S/C46H35N5S/c1-2-8-43-37(7-1)29-44(52-43)36-13-11-32(12-14-36)33-15-21-38(22-16-33)51(39-23-17-34(18-24-39)41-30-49-27-5-3-9-45(49)47-41)40-25-19-35(20-26-40)42-31-50-28-6-4-10-46(50)48-42/h1-2,5-8,11-31H,3-4,9-10H2. The first-order valence-electron chi connectivity index (χ1n) is 17.9. The van der Waals surface area contributed by atoms with Crippen LogP contribution < -0.4 is 4.90 Å². The molecule has 3 aromatic heterocycles. The Kier molecular flexibility index (Phi) is 7.54. The normalized spacial score (nSPS) is 13.3. The van der Waals surface area contributed by atoms with Crippen LogP contribution in [-0.2, 0) is 12.8 Å². The van der Waals surface area contributed by atoms with Gasteiger partial charge in [0.15, 0.2) is 0 Å². The van der Waals surface area contributed by atoms with Gasteiger partial charge >= 0.3 is 0 Å². The second-order valence-electron chi connectivity index (χ2n) is 13.4. The lowest BCUT2D eigenvalue weighted by atomic mass is 10.0. The van der Waals surface area contributed by atoms with Gasteiger partial charge in [0.2, 0.25) is 0 Å². The lowest BCUT2D eigenvalue weighted by Gasteiger charge is -2.26. The predicted molar refractivity (Wildman–Crippen MR) is 217 cm³/mol. The van der Waals surface area contributed by atoms with Crippen molar-refractivity contribution >= 4 is 50.9 Å². The SMILES string of the molecule is C1=Cn2cc(-c3ccc(N(c4ccc(-c5ccc(-c6cc7ccccc7s6)cc5)cc4)c4ccc(-c5cn6c(n5)CCC=C6)cc4)cc3)nc2CC1. The molecule has 0 bridgehead atoms. The van der Waals surface area contributed by atoms with Gasteiger partial charge in [0.05, 0.1) is 11.4 Å². The summed E-state index contributed by atoms with van der Waals surface area (Å²) in [4.78, 5) is 13.5. The molecule has 0 N–H and O–H groups in total. The molecule has 0 atom stereocenters. The molecule has 10 rings (SSSR count). The Morgan fingerprint density at radius 1 is 0.500 bits per heavy atom. The molecule has 0 radical (unpaired) electrons. The number of thiophene rings is 1. The van der Waals surface area contributed by atoms with Gasteiger partial charge in [-0.3, -0.25) is 0 Å². The maximum absolute atomic E-state index is 4.93. The van der Waals surface area contributed by atoms with E-state index in [2.05, 4.69) is 178 Å². The summed E-state index contributed by atoms with van der Waals surface area (Å²) in [5.41, 5.74) is 11.1. The smallest absolute Gasteiger partial charge is 0.113 e. The minimum atomic E-state index is 0.975. The number of imidazole rings is 2.